The van der Waals surface area contributed by atoms with Crippen molar-refractivity contribution in [2.24, 2.45) is 5.73 Å². The van der Waals surface area contributed by atoms with E-state index in [1.54, 1.807) is 33.8 Å². The number of hydrogen-bond donors (Lipinski definition) is 2. The molecule has 0 fully saturated rings. The van der Waals surface area contributed by atoms with Crippen LogP contribution in [0.4, 0.5) is 0 Å². The summed E-state index contributed by atoms with van der Waals surface area (Å²) in [4.78, 5) is 0.168. The first kappa shape index (κ1) is 17.2. The van der Waals surface area contributed by atoms with Gasteiger partial charge in [0.15, 0.2) is 0 Å². The highest BCUT2D eigenvalue weighted by Gasteiger charge is 2.41. The van der Waals surface area contributed by atoms with Crippen LogP contribution in [0.2, 0.25) is 0 Å². The Morgan fingerprint density at radius 1 is 1.32 bits per heavy atom. The van der Waals surface area contributed by atoms with Crippen molar-refractivity contribution in [1.82, 2.24) is 4.31 Å². The minimum absolute atomic E-state index is 0.168. The van der Waals surface area contributed by atoms with Crippen molar-refractivity contribution >= 4 is 10.0 Å². The molecule has 0 saturated carbocycles. The van der Waals surface area contributed by atoms with E-state index in [9.17, 15) is 13.5 Å². The fraction of sp³-hybridized carbons (Fsp3) is 0.600. The second kappa shape index (κ2) is 5.81. The van der Waals surface area contributed by atoms with E-state index in [2.05, 4.69) is 0 Å². The van der Waals surface area contributed by atoms with Crippen molar-refractivity contribution in [3.63, 3.8) is 0 Å². The Morgan fingerprint density at radius 3 is 2.45 bits per heavy atom. The number of ether oxygens (including phenoxy) is 1. The fourth-order valence-electron chi connectivity index (χ4n) is 2.70. The predicted molar refractivity (Wildman–Crippen MR) is 84.2 cm³/mol. The maximum atomic E-state index is 12.6. The summed E-state index contributed by atoms with van der Waals surface area (Å²) in [6, 6.07) is 3.95. The fourth-order valence-corrected chi connectivity index (χ4v) is 4.19. The van der Waals surface area contributed by atoms with Gasteiger partial charge < -0.3 is 15.6 Å². The normalized spacial score (nSPS) is 24.0. The molecule has 7 heteroatoms. The predicted octanol–water partition coefficient (Wildman–Crippen LogP) is 1.25. The molecule has 2 rings (SSSR count). The van der Waals surface area contributed by atoms with Gasteiger partial charge in [0.05, 0.1) is 10.9 Å². The van der Waals surface area contributed by atoms with Crippen LogP contribution < -0.4 is 10.5 Å². The SMILES string of the molecule is CCN(CC)S(=O)(=O)c1ccc2c(c1)C(N)[C@H](O)C(C)(C)O2. The summed E-state index contributed by atoms with van der Waals surface area (Å²) < 4.78 is 32.3. The maximum absolute atomic E-state index is 12.6. The van der Waals surface area contributed by atoms with Crippen molar-refractivity contribution in [3.05, 3.63) is 23.8 Å². The van der Waals surface area contributed by atoms with Crippen molar-refractivity contribution in [1.29, 1.82) is 0 Å². The zero-order valence-corrected chi connectivity index (χ0v) is 14.2. The van der Waals surface area contributed by atoms with Gasteiger partial charge in [-0.05, 0) is 32.0 Å². The lowest BCUT2D eigenvalue weighted by Crippen LogP contribution is -2.51. The first-order valence-corrected chi connectivity index (χ1v) is 8.86. The second-order valence-electron chi connectivity index (χ2n) is 5.97. The Hall–Kier alpha value is -1.15. The lowest BCUT2D eigenvalue weighted by Gasteiger charge is -2.40. The van der Waals surface area contributed by atoms with Gasteiger partial charge in [-0.1, -0.05) is 13.8 Å². The minimum Gasteiger partial charge on any atom is -0.485 e. The van der Waals surface area contributed by atoms with Crippen LogP contribution in [0, 0.1) is 0 Å². The molecule has 1 aliphatic rings. The molecule has 1 heterocycles. The third-order valence-corrected chi connectivity index (χ3v) is 6.15. The summed E-state index contributed by atoms with van der Waals surface area (Å²) in [6.45, 7) is 7.88. The highest BCUT2D eigenvalue weighted by atomic mass is 32.2. The largest absolute Gasteiger partial charge is 0.485 e. The maximum Gasteiger partial charge on any atom is 0.243 e. The number of fused-ring (bicyclic) bond motifs is 1. The molecule has 3 N–H and O–H groups in total. The Labute approximate surface area is 131 Å². The highest BCUT2D eigenvalue weighted by Crippen LogP contribution is 2.39. The number of nitrogens with zero attached hydrogens (tertiary/aromatic N) is 1. The summed E-state index contributed by atoms with van der Waals surface area (Å²) in [5, 5.41) is 10.2. The molecular weight excluding hydrogens is 304 g/mol. The summed E-state index contributed by atoms with van der Waals surface area (Å²) >= 11 is 0. The van der Waals surface area contributed by atoms with Crippen molar-refractivity contribution in [3.8, 4) is 5.75 Å². The van der Waals surface area contributed by atoms with Gasteiger partial charge in [-0.3, -0.25) is 0 Å². The van der Waals surface area contributed by atoms with Crippen LogP contribution in [0.3, 0.4) is 0 Å². The van der Waals surface area contributed by atoms with E-state index < -0.39 is 27.8 Å². The summed E-state index contributed by atoms with van der Waals surface area (Å²) in [5.41, 5.74) is 5.78. The van der Waals surface area contributed by atoms with Gasteiger partial charge in [0.1, 0.15) is 17.5 Å². The number of aliphatic hydroxyl groups excluding tert-OH is 1. The third-order valence-electron chi connectivity index (χ3n) is 4.11. The van der Waals surface area contributed by atoms with Crippen LogP contribution >= 0.6 is 0 Å². The van der Waals surface area contributed by atoms with Crippen LogP contribution in [-0.2, 0) is 10.0 Å². The van der Waals surface area contributed by atoms with Gasteiger partial charge in [0.2, 0.25) is 10.0 Å². The molecular formula is C15H24N2O4S. The van der Waals surface area contributed by atoms with Crippen LogP contribution in [-0.4, -0.2) is 42.6 Å². The number of rotatable bonds is 4. The zero-order chi connectivity index (χ0) is 16.7. The Kier molecular flexibility index (Phi) is 4.54. The lowest BCUT2D eigenvalue weighted by atomic mass is 9.87. The Morgan fingerprint density at radius 2 is 1.91 bits per heavy atom. The molecule has 1 aromatic carbocycles. The van der Waals surface area contributed by atoms with Crippen LogP contribution in [0.5, 0.6) is 5.75 Å². The topological polar surface area (TPSA) is 92.9 Å². The molecule has 0 spiro atoms. The Bertz CT molecular complexity index is 654. The highest BCUT2D eigenvalue weighted by molar-refractivity contribution is 7.89. The molecule has 6 nitrogen and oxygen atoms in total. The number of nitrogens with two attached hydrogens (primary N) is 1. The van der Waals surface area contributed by atoms with E-state index in [0.29, 0.717) is 24.4 Å². The van der Waals surface area contributed by atoms with Gasteiger partial charge in [0, 0.05) is 18.7 Å². The lowest BCUT2D eigenvalue weighted by molar-refractivity contribution is -0.0572. The zero-order valence-electron chi connectivity index (χ0n) is 13.4. The molecule has 22 heavy (non-hydrogen) atoms. The summed E-state index contributed by atoms with van der Waals surface area (Å²) in [6.07, 6.45) is -0.911. The van der Waals surface area contributed by atoms with E-state index in [4.69, 9.17) is 10.5 Å². The van der Waals surface area contributed by atoms with E-state index in [1.807, 2.05) is 0 Å². The quantitative estimate of drug-likeness (QED) is 0.868. The molecule has 1 aromatic rings. The average Bonchev–Trinajstić information content (AvgIpc) is 2.45. The number of benzene rings is 1. The van der Waals surface area contributed by atoms with E-state index >= 15 is 0 Å². The van der Waals surface area contributed by atoms with Crippen molar-refractivity contribution < 1.29 is 18.3 Å². The molecule has 0 saturated heterocycles. The molecule has 2 atom stereocenters. The average molecular weight is 328 g/mol. The molecule has 0 aromatic heterocycles. The van der Waals surface area contributed by atoms with Crippen molar-refractivity contribution in [2.75, 3.05) is 13.1 Å². The van der Waals surface area contributed by atoms with Crippen LogP contribution in [0.25, 0.3) is 0 Å². The molecule has 0 amide bonds. The standard InChI is InChI=1S/C15H24N2O4S/c1-5-17(6-2)22(19,20)10-7-8-12-11(9-10)13(16)14(18)15(3,4)21-12/h7-9,13-14,18H,5-6,16H2,1-4H3/t13?,14-/m0/s1. The van der Waals surface area contributed by atoms with Gasteiger partial charge in [-0.25, -0.2) is 8.42 Å². The number of aliphatic hydroxyl groups is 1. The second-order valence-corrected chi connectivity index (χ2v) is 7.90. The molecule has 1 aliphatic heterocycles. The smallest absolute Gasteiger partial charge is 0.243 e. The third kappa shape index (κ3) is 2.74. The van der Waals surface area contributed by atoms with Gasteiger partial charge in [-0.15, -0.1) is 0 Å². The molecule has 124 valence electrons. The summed E-state index contributed by atoms with van der Waals surface area (Å²) in [7, 11) is -3.56. The van der Waals surface area contributed by atoms with Gasteiger partial charge in [-0.2, -0.15) is 4.31 Å². The van der Waals surface area contributed by atoms with Gasteiger partial charge in [0.25, 0.3) is 0 Å². The molecule has 0 radical (unpaired) electrons. The monoisotopic (exact) mass is 328 g/mol. The van der Waals surface area contributed by atoms with E-state index in [1.165, 1.54) is 16.4 Å². The van der Waals surface area contributed by atoms with E-state index in [0.717, 1.165) is 0 Å². The van der Waals surface area contributed by atoms with Gasteiger partial charge >= 0.3 is 0 Å². The van der Waals surface area contributed by atoms with E-state index in [-0.39, 0.29) is 4.90 Å². The first-order chi connectivity index (χ1) is 10.1. The van der Waals surface area contributed by atoms with Crippen molar-refractivity contribution in [2.45, 2.75) is 50.3 Å². The molecule has 0 bridgehead atoms. The number of sulfonamides is 1. The summed E-state index contributed by atoms with van der Waals surface area (Å²) in [5.74, 6) is 0.515. The number of hydrogen-bond acceptors (Lipinski definition) is 5. The van der Waals surface area contributed by atoms with Crippen LogP contribution in [0.15, 0.2) is 23.1 Å². The molecule has 0 aliphatic carbocycles. The minimum atomic E-state index is -3.56. The van der Waals surface area contributed by atoms with Crippen LogP contribution in [0.1, 0.15) is 39.3 Å². The molecule has 1 unspecified atom stereocenters. The first-order valence-electron chi connectivity index (χ1n) is 7.42. The Balaban J connectivity index is 2.50.